The minimum atomic E-state index is -0.367. The summed E-state index contributed by atoms with van der Waals surface area (Å²) in [5, 5.41) is 10.6. The largest absolute Gasteiger partial charge is 0.272 e. The van der Waals surface area contributed by atoms with Crippen LogP contribution in [0.5, 0.6) is 0 Å². The predicted molar refractivity (Wildman–Crippen MR) is 61.6 cm³/mol. The Hall–Kier alpha value is -1.09. The van der Waals surface area contributed by atoms with Crippen molar-refractivity contribution in [3.05, 3.63) is 39.4 Å². The zero-order valence-electron chi connectivity index (χ0n) is 9.03. The summed E-state index contributed by atoms with van der Waals surface area (Å²) >= 11 is 5.98. The van der Waals surface area contributed by atoms with Crippen molar-refractivity contribution in [2.45, 2.75) is 32.1 Å². The number of aryl methyl sites for hydroxylation is 1. The van der Waals surface area contributed by atoms with Crippen molar-refractivity contribution >= 4 is 17.3 Å². The number of nitro groups is 1. The van der Waals surface area contributed by atoms with Gasteiger partial charge in [0.15, 0.2) is 0 Å². The number of hydrogen-bond acceptors (Lipinski definition) is 2. The second kappa shape index (κ2) is 4.62. The van der Waals surface area contributed by atoms with Gasteiger partial charge in [0.2, 0.25) is 0 Å². The molecule has 0 saturated carbocycles. The summed E-state index contributed by atoms with van der Waals surface area (Å²) in [6, 6.07) is 5.15. The van der Waals surface area contributed by atoms with E-state index in [1.165, 1.54) is 0 Å². The average molecular weight is 228 g/mol. The lowest BCUT2D eigenvalue weighted by Crippen LogP contribution is -2.05. The molecular weight excluding hydrogens is 214 g/mol. The first kappa shape index (κ1) is 12.0. The molecule has 0 aliphatic rings. The minimum Gasteiger partial charge on any atom is -0.258 e. The van der Waals surface area contributed by atoms with Crippen molar-refractivity contribution in [3.63, 3.8) is 0 Å². The molecule has 1 rings (SSSR count). The van der Waals surface area contributed by atoms with Gasteiger partial charge in [-0.1, -0.05) is 13.0 Å². The molecule has 0 saturated heterocycles. The standard InChI is InChI=1S/C11H14ClNO2/c1-7-6-10(8(2)9(3)12)4-5-11(7)13(14)15/h4-6,8-9H,1-3H3. The summed E-state index contributed by atoms with van der Waals surface area (Å²) in [7, 11) is 0. The fourth-order valence-corrected chi connectivity index (χ4v) is 1.58. The van der Waals surface area contributed by atoms with E-state index in [1.54, 1.807) is 19.1 Å². The van der Waals surface area contributed by atoms with E-state index in [9.17, 15) is 10.1 Å². The SMILES string of the molecule is Cc1cc(C(C)C(C)Cl)ccc1[N+](=O)[O-]. The van der Waals surface area contributed by atoms with Crippen LogP contribution in [0.3, 0.4) is 0 Å². The Labute approximate surface area is 94.2 Å². The Kier molecular flexibility index (Phi) is 3.69. The van der Waals surface area contributed by atoms with Crippen LogP contribution in [0.15, 0.2) is 18.2 Å². The van der Waals surface area contributed by atoms with E-state index in [2.05, 4.69) is 0 Å². The van der Waals surface area contributed by atoms with Crippen molar-refractivity contribution in [2.24, 2.45) is 0 Å². The number of benzene rings is 1. The average Bonchev–Trinajstić information content (AvgIpc) is 2.15. The van der Waals surface area contributed by atoms with Gasteiger partial charge in [-0.3, -0.25) is 10.1 Å². The van der Waals surface area contributed by atoms with Crippen LogP contribution in [0.2, 0.25) is 0 Å². The summed E-state index contributed by atoms with van der Waals surface area (Å²) in [5.74, 6) is 0.200. The van der Waals surface area contributed by atoms with Crippen molar-refractivity contribution < 1.29 is 4.92 Å². The molecule has 0 aliphatic heterocycles. The van der Waals surface area contributed by atoms with Crippen molar-refractivity contribution in [1.82, 2.24) is 0 Å². The number of nitro benzene ring substituents is 1. The molecule has 0 radical (unpaired) electrons. The van der Waals surface area contributed by atoms with E-state index in [1.807, 2.05) is 19.9 Å². The van der Waals surface area contributed by atoms with Crippen molar-refractivity contribution in [2.75, 3.05) is 0 Å². The van der Waals surface area contributed by atoms with Crippen LogP contribution in [0.25, 0.3) is 0 Å². The lowest BCUT2D eigenvalue weighted by atomic mass is 9.96. The van der Waals surface area contributed by atoms with E-state index in [0.717, 1.165) is 5.56 Å². The summed E-state index contributed by atoms with van der Waals surface area (Å²) in [4.78, 5) is 10.2. The van der Waals surface area contributed by atoms with E-state index in [4.69, 9.17) is 11.6 Å². The van der Waals surface area contributed by atoms with Crippen LogP contribution in [0.4, 0.5) is 5.69 Å². The first-order valence-corrected chi connectivity index (χ1v) is 5.26. The van der Waals surface area contributed by atoms with E-state index in [0.29, 0.717) is 5.56 Å². The molecule has 0 aliphatic carbocycles. The Morgan fingerprint density at radius 1 is 1.40 bits per heavy atom. The number of hydrogen-bond donors (Lipinski definition) is 0. The zero-order chi connectivity index (χ0) is 11.6. The number of nitrogens with zero attached hydrogens (tertiary/aromatic N) is 1. The monoisotopic (exact) mass is 227 g/mol. The first-order chi connectivity index (χ1) is 6.93. The summed E-state index contributed by atoms with van der Waals surface area (Å²) in [6.07, 6.45) is 0. The maximum atomic E-state index is 10.6. The number of rotatable bonds is 3. The lowest BCUT2D eigenvalue weighted by Gasteiger charge is -2.14. The first-order valence-electron chi connectivity index (χ1n) is 4.82. The van der Waals surface area contributed by atoms with Gasteiger partial charge >= 0.3 is 0 Å². The molecule has 1 aromatic rings. The van der Waals surface area contributed by atoms with Crippen molar-refractivity contribution in [1.29, 1.82) is 0 Å². The molecule has 0 amide bonds. The quantitative estimate of drug-likeness (QED) is 0.450. The molecule has 0 spiro atoms. The maximum Gasteiger partial charge on any atom is 0.272 e. The Morgan fingerprint density at radius 3 is 2.40 bits per heavy atom. The van der Waals surface area contributed by atoms with Crippen LogP contribution in [0, 0.1) is 17.0 Å². The minimum absolute atomic E-state index is 0.0193. The summed E-state index contributed by atoms with van der Waals surface area (Å²) in [6.45, 7) is 5.68. The summed E-state index contributed by atoms with van der Waals surface area (Å²) in [5.41, 5.74) is 1.88. The van der Waals surface area contributed by atoms with Crippen LogP contribution >= 0.6 is 11.6 Å². The molecule has 3 nitrogen and oxygen atoms in total. The fraction of sp³-hybridized carbons (Fsp3) is 0.455. The topological polar surface area (TPSA) is 43.1 Å². The number of halogens is 1. The number of alkyl halides is 1. The molecule has 0 heterocycles. The van der Waals surface area contributed by atoms with E-state index >= 15 is 0 Å². The Bertz CT molecular complexity index is 377. The molecule has 0 bridgehead atoms. The van der Waals surface area contributed by atoms with Gasteiger partial charge in [-0.15, -0.1) is 11.6 Å². The Balaban J connectivity index is 3.06. The third-order valence-corrected chi connectivity index (χ3v) is 3.01. The normalized spacial score (nSPS) is 14.7. The molecule has 4 heteroatoms. The highest BCUT2D eigenvalue weighted by molar-refractivity contribution is 6.20. The molecular formula is C11H14ClNO2. The smallest absolute Gasteiger partial charge is 0.258 e. The van der Waals surface area contributed by atoms with Gasteiger partial charge in [0.1, 0.15) is 0 Å². The van der Waals surface area contributed by atoms with E-state index < -0.39 is 0 Å². The molecule has 2 unspecified atom stereocenters. The second-order valence-corrected chi connectivity index (χ2v) is 4.46. The van der Waals surface area contributed by atoms with Gasteiger partial charge < -0.3 is 0 Å². The maximum absolute atomic E-state index is 10.6. The molecule has 15 heavy (non-hydrogen) atoms. The highest BCUT2D eigenvalue weighted by Gasteiger charge is 2.15. The third-order valence-electron chi connectivity index (χ3n) is 2.63. The van der Waals surface area contributed by atoms with Gasteiger partial charge in [-0.2, -0.15) is 0 Å². The van der Waals surface area contributed by atoms with Crippen molar-refractivity contribution in [3.8, 4) is 0 Å². The molecule has 2 atom stereocenters. The van der Waals surface area contributed by atoms with Gasteiger partial charge in [0.05, 0.1) is 4.92 Å². The van der Waals surface area contributed by atoms with Gasteiger partial charge in [0.25, 0.3) is 5.69 Å². The van der Waals surface area contributed by atoms with Crippen LogP contribution in [0.1, 0.15) is 30.9 Å². The molecule has 0 aromatic heterocycles. The highest BCUT2D eigenvalue weighted by Crippen LogP contribution is 2.27. The predicted octanol–water partition coefficient (Wildman–Crippen LogP) is 3.63. The lowest BCUT2D eigenvalue weighted by molar-refractivity contribution is -0.385. The molecule has 82 valence electrons. The van der Waals surface area contributed by atoms with E-state index in [-0.39, 0.29) is 21.9 Å². The van der Waals surface area contributed by atoms with Crippen LogP contribution in [-0.2, 0) is 0 Å². The fourth-order valence-electron chi connectivity index (χ4n) is 1.43. The molecule has 0 N–H and O–H groups in total. The summed E-state index contributed by atoms with van der Waals surface area (Å²) < 4.78 is 0. The van der Waals surface area contributed by atoms with Gasteiger partial charge in [-0.05, 0) is 31.4 Å². The van der Waals surface area contributed by atoms with Gasteiger partial charge in [-0.25, -0.2) is 0 Å². The molecule has 1 aromatic carbocycles. The zero-order valence-corrected chi connectivity index (χ0v) is 9.78. The Morgan fingerprint density at radius 2 is 2.00 bits per heavy atom. The third kappa shape index (κ3) is 2.69. The molecule has 0 fully saturated rings. The highest BCUT2D eigenvalue weighted by atomic mass is 35.5. The van der Waals surface area contributed by atoms with Gasteiger partial charge in [0, 0.05) is 17.0 Å². The van der Waals surface area contributed by atoms with Crippen LogP contribution in [-0.4, -0.2) is 10.3 Å². The second-order valence-electron chi connectivity index (χ2n) is 3.77. The van der Waals surface area contributed by atoms with Crippen LogP contribution < -0.4 is 0 Å².